The van der Waals surface area contributed by atoms with Crippen molar-refractivity contribution in [2.75, 3.05) is 20.6 Å². The van der Waals surface area contributed by atoms with Gasteiger partial charge in [0, 0.05) is 58.4 Å². The number of rotatable bonds is 5. The van der Waals surface area contributed by atoms with Gasteiger partial charge in [-0.1, -0.05) is 24.3 Å². The van der Waals surface area contributed by atoms with E-state index >= 15 is 0 Å². The van der Waals surface area contributed by atoms with E-state index in [0.29, 0.717) is 29.6 Å². The van der Waals surface area contributed by atoms with Crippen LogP contribution in [0.5, 0.6) is 0 Å². The molecule has 0 radical (unpaired) electrons. The van der Waals surface area contributed by atoms with Gasteiger partial charge in [0.05, 0.1) is 16.7 Å². The maximum Gasteiger partial charge on any atom is 0.417 e. The molecule has 9 heteroatoms. The van der Waals surface area contributed by atoms with Crippen molar-refractivity contribution in [1.82, 2.24) is 19.8 Å². The summed E-state index contributed by atoms with van der Waals surface area (Å²) in [7, 11) is 3.74. The second kappa shape index (κ2) is 7.88. The topological polar surface area (TPSA) is 70.1 Å². The summed E-state index contributed by atoms with van der Waals surface area (Å²) >= 11 is 0. The third kappa shape index (κ3) is 3.49. The van der Waals surface area contributed by atoms with Crippen LogP contribution in [0.2, 0.25) is 0 Å². The van der Waals surface area contributed by atoms with E-state index in [9.17, 15) is 22.8 Å². The predicted molar refractivity (Wildman–Crippen MR) is 124 cm³/mol. The number of carbonyl (C=O) groups excluding carboxylic acids is 2. The Bertz CT molecular complexity index is 1490. The number of likely N-dealkylation sites (N-methyl/N-ethyl adjacent to an activating group) is 1. The van der Waals surface area contributed by atoms with Gasteiger partial charge in [-0.05, 0) is 32.3 Å². The molecule has 3 heterocycles. The zero-order valence-electron chi connectivity index (χ0n) is 18.5. The van der Waals surface area contributed by atoms with Crippen molar-refractivity contribution in [1.29, 1.82) is 0 Å². The Labute approximate surface area is 192 Å². The SMILES string of the molecule is CN(C)CCn1cc(C2=C(c3c[nH]c4ccccc34)C(=O)NC2=O)c2c(C(F)(F)F)cccc21. The number of aromatic nitrogens is 2. The first-order valence-corrected chi connectivity index (χ1v) is 10.7. The summed E-state index contributed by atoms with van der Waals surface area (Å²) in [6.45, 7) is 0.995. The molecule has 0 spiro atoms. The summed E-state index contributed by atoms with van der Waals surface area (Å²) in [4.78, 5) is 30.9. The fourth-order valence-corrected chi connectivity index (χ4v) is 4.52. The number of para-hydroxylation sites is 1. The van der Waals surface area contributed by atoms with Gasteiger partial charge in [-0.15, -0.1) is 0 Å². The zero-order valence-corrected chi connectivity index (χ0v) is 18.5. The Morgan fingerprint density at radius 1 is 0.941 bits per heavy atom. The largest absolute Gasteiger partial charge is 0.417 e. The van der Waals surface area contributed by atoms with Crippen molar-refractivity contribution < 1.29 is 22.8 Å². The number of hydrogen-bond acceptors (Lipinski definition) is 3. The summed E-state index contributed by atoms with van der Waals surface area (Å²) in [5.41, 5.74) is 0.816. The fraction of sp³-hybridized carbons (Fsp3) is 0.200. The Morgan fingerprint density at radius 3 is 2.35 bits per heavy atom. The van der Waals surface area contributed by atoms with Gasteiger partial charge in [0.1, 0.15) is 0 Å². The molecule has 2 N–H and O–H groups in total. The number of nitrogens with one attached hydrogen (secondary N) is 2. The summed E-state index contributed by atoms with van der Waals surface area (Å²) < 4.78 is 43.9. The maximum absolute atomic E-state index is 14.1. The lowest BCUT2D eigenvalue weighted by atomic mass is 9.94. The Balaban J connectivity index is 1.84. The lowest BCUT2D eigenvalue weighted by molar-refractivity contribution is -0.136. The van der Waals surface area contributed by atoms with Crippen molar-refractivity contribution in [2.24, 2.45) is 0 Å². The molecule has 2 aromatic carbocycles. The molecule has 34 heavy (non-hydrogen) atoms. The van der Waals surface area contributed by atoms with Crippen LogP contribution in [0.25, 0.3) is 33.0 Å². The van der Waals surface area contributed by atoms with E-state index < -0.39 is 23.6 Å². The molecule has 174 valence electrons. The number of benzene rings is 2. The highest BCUT2D eigenvalue weighted by Crippen LogP contribution is 2.43. The lowest BCUT2D eigenvalue weighted by Crippen LogP contribution is -2.22. The van der Waals surface area contributed by atoms with Crippen LogP contribution in [-0.2, 0) is 22.3 Å². The number of aromatic amines is 1. The van der Waals surface area contributed by atoms with Crippen LogP contribution in [-0.4, -0.2) is 46.9 Å². The van der Waals surface area contributed by atoms with Crippen LogP contribution in [0, 0.1) is 0 Å². The van der Waals surface area contributed by atoms with Crippen LogP contribution in [0.3, 0.4) is 0 Å². The predicted octanol–water partition coefficient (Wildman–Crippen LogP) is 4.27. The average molecular weight is 466 g/mol. The smallest absolute Gasteiger partial charge is 0.361 e. The Morgan fingerprint density at radius 2 is 1.65 bits per heavy atom. The first kappa shape index (κ1) is 22.0. The summed E-state index contributed by atoms with van der Waals surface area (Å²) in [6.07, 6.45) is -1.48. The van der Waals surface area contributed by atoms with Crippen LogP contribution < -0.4 is 5.32 Å². The number of halogens is 3. The number of nitrogens with zero attached hydrogens (tertiary/aromatic N) is 2. The molecular formula is C25H21F3N4O2. The van der Waals surface area contributed by atoms with E-state index in [1.165, 1.54) is 6.07 Å². The number of imide groups is 1. The molecule has 0 bridgehead atoms. The maximum atomic E-state index is 14.1. The van der Waals surface area contributed by atoms with Crippen molar-refractivity contribution in [3.8, 4) is 0 Å². The quantitative estimate of drug-likeness (QED) is 0.432. The number of carbonyl (C=O) groups is 2. The van der Waals surface area contributed by atoms with Gasteiger partial charge in [0.15, 0.2) is 0 Å². The van der Waals surface area contributed by atoms with Crippen molar-refractivity contribution in [3.05, 3.63) is 71.5 Å². The highest BCUT2D eigenvalue weighted by Gasteiger charge is 2.39. The van der Waals surface area contributed by atoms with Crippen LogP contribution in [0.1, 0.15) is 16.7 Å². The highest BCUT2D eigenvalue weighted by atomic mass is 19.4. The monoisotopic (exact) mass is 466 g/mol. The standard InChI is InChI=1S/C25H21F3N4O2/c1-31(2)10-11-32-13-16(20-17(25(26,27)28)7-5-9-19(20)32)22-21(23(33)30-24(22)34)15-12-29-18-8-4-3-6-14(15)18/h3-9,12-13,29H,10-11H2,1-2H3,(H,30,33,34). The van der Waals surface area contributed by atoms with Crippen LogP contribution >= 0.6 is 0 Å². The molecule has 4 aromatic rings. The molecule has 2 amide bonds. The number of alkyl halides is 3. The average Bonchev–Trinajstić information content (AvgIpc) is 3.44. The molecule has 1 aliphatic heterocycles. The molecule has 5 rings (SSSR count). The molecule has 0 fully saturated rings. The lowest BCUT2D eigenvalue weighted by Gasteiger charge is -2.12. The van der Waals surface area contributed by atoms with Crippen LogP contribution in [0.15, 0.2) is 54.9 Å². The van der Waals surface area contributed by atoms with E-state index in [4.69, 9.17) is 0 Å². The first-order valence-electron chi connectivity index (χ1n) is 10.7. The molecule has 0 unspecified atom stereocenters. The molecule has 0 saturated carbocycles. The molecule has 0 saturated heterocycles. The van der Waals surface area contributed by atoms with E-state index in [1.807, 2.05) is 31.1 Å². The number of amides is 2. The van der Waals surface area contributed by atoms with Crippen LogP contribution in [0.4, 0.5) is 13.2 Å². The third-order valence-electron chi connectivity index (χ3n) is 6.06. The van der Waals surface area contributed by atoms with E-state index in [2.05, 4.69) is 10.3 Å². The highest BCUT2D eigenvalue weighted by molar-refractivity contribution is 6.50. The zero-order chi connectivity index (χ0) is 24.2. The normalized spacial score (nSPS) is 14.8. The summed E-state index contributed by atoms with van der Waals surface area (Å²) in [5.74, 6) is -1.35. The van der Waals surface area contributed by atoms with Crippen molar-refractivity contribution in [2.45, 2.75) is 12.7 Å². The Hall–Kier alpha value is -3.85. The number of hydrogen-bond donors (Lipinski definition) is 2. The van der Waals surface area contributed by atoms with Gasteiger partial charge in [0.25, 0.3) is 11.8 Å². The van der Waals surface area contributed by atoms with E-state index in [-0.39, 0.29) is 22.1 Å². The molecule has 0 aliphatic carbocycles. The Kier molecular flexibility index (Phi) is 5.09. The summed E-state index contributed by atoms with van der Waals surface area (Å²) in [5, 5.41) is 2.90. The second-order valence-corrected chi connectivity index (χ2v) is 8.52. The minimum atomic E-state index is -4.64. The van der Waals surface area contributed by atoms with Gasteiger partial charge < -0.3 is 14.5 Å². The van der Waals surface area contributed by atoms with Crippen molar-refractivity contribution >= 4 is 44.8 Å². The second-order valence-electron chi connectivity index (χ2n) is 8.52. The molecule has 0 atom stereocenters. The first-order chi connectivity index (χ1) is 16.2. The number of fused-ring (bicyclic) bond motifs is 2. The van der Waals surface area contributed by atoms with Gasteiger partial charge in [-0.25, -0.2) is 0 Å². The van der Waals surface area contributed by atoms with Gasteiger partial charge in [-0.2, -0.15) is 13.2 Å². The molecular weight excluding hydrogens is 445 g/mol. The van der Waals surface area contributed by atoms with E-state index in [1.54, 1.807) is 35.2 Å². The molecule has 1 aliphatic rings. The van der Waals surface area contributed by atoms with Gasteiger partial charge in [0.2, 0.25) is 0 Å². The third-order valence-corrected chi connectivity index (χ3v) is 6.06. The summed E-state index contributed by atoms with van der Waals surface area (Å²) in [6, 6.07) is 11.2. The van der Waals surface area contributed by atoms with Gasteiger partial charge in [-0.3, -0.25) is 14.9 Å². The molecule has 6 nitrogen and oxygen atoms in total. The minimum absolute atomic E-state index is 0.0555. The minimum Gasteiger partial charge on any atom is -0.361 e. The fourth-order valence-electron chi connectivity index (χ4n) is 4.52. The van der Waals surface area contributed by atoms with Gasteiger partial charge >= 0.3 is 6.18 Å². The van der Waals surface area contributed by atoms with E-state index in [0.717, 1.165) is 11.6 Å². The molecule has 2 aromatic heterocycles. The van der Waals surface area contributed by atoms with Crippen molar-refractivity contribution in [3.63, 3.8) is 0 Å². The number of H-pyrrole nitrogens is 1.